The zero-order valence-corrected chi connectivity index (χ0v) is 8.36. The molecule has 1 aliphatic rings. The lowest BCUT2D eigenvalue weighted by molar-refractivity contribution is -0.114. The number of primary amides is 1. The van der Waals surface area contributed by atoms with Crippen molar-refractivity contribution in [2.24, 2.45) is 5.73 Å². The fourth-order valence-electron chi connectivity index (χ4n) is 1.24. The van der Waals surface area contributed by atoms with Gasteiger partial charge in [-0.1, -0.05) is 13.8 Å². The van der Waals surface area contributed by atoms with Crippen molar-refractivity contribution >= 4 is 15.9 Å². The lowest BCUT2D eigenvalue weighted by Crippen LogP contribution is -2.11. The van der Waals surface area contributed by atoms with Gasteiger partial charge in [-0.2, -0.15) is 0 Å². The average Bonchev–Trinajstić information content (AvgIpc) is 2.49. The topological polar surface area (TPSA) is 43.1 Å². The Labute approximate surface area is 74.8 Å². The van der Waals surface area contributed by atoms with Crippen molar-refractivity contribution in [2.75, 3.05) is 11.5 Å². The third-order valence-electron chi connectivity index (χ3n) is 2.24. The van der Waals surface area contributed by atoms with Gasteiger partial charge in [0.25, 0.3) is 0 Å². The predicted molar refractivity (Wildman–Crippen MR) is 55.1 cm³/mol. The predicted octanol–water partition coefficient (Wildman–Crippen LogP) is 1.73. The van der Waals surface area contributed by atoms with E-state index in [9.17, 15) is 4.79 Å². The number of rotatable bonds is 3. The van der Waals surface area contributed by atoms with Gasteiger partial charge < -0.3 is 5.73 Å². The van der Waals surface area contributed by atoms with E-state index < -0.39 is 10.0 Å². The zero-order chi connectivity index (χ0) is 9.19. The lowest BCUT2D eigenvalue weighted by Gasteiger charge is -2.27. The molecule has 0 aliphatic carbocycles. The number of hydrogen-bond acceptors (Lipinski definition) is 1. The summed E-state index contributed by atoms with van der Waals surface area (Å²) in [5, 5.41) is 4.22. The Morgan fingerprint density at radius 1 is 1.50 bits per heavy atom. The minimum atomic E-state index is -0.775. The highest BCUT2D eigenvalue weighted by molar-refractivity contribution is 8.38. The second kappa shape index (κ2) is 3.35. The van der Waals surface area contributed by atoms with Gasteiger partial charge >= 0.3 is 0 Å². The van der Waals surface area contributed by atoms with Crippen LogP contribution in [0.1, 0.15) is 13.8 Å². The van der Waals surface area contributed by atoms with Crippen LogP contribution in [0.2, 0.25) is 0 Å². The minimum Gasteiger partial charge on any atom is -0.366 e. The molecule has 1 rings (SSSR count). The Balaban J connectivity index is 2.89. The molecule has 0 unspecified atom stereocenters. The van der Waals surface area contributed by atoms with Crippen molar-refractivity contribution in [1.82, 2.24) is 0 Å². The molecule has 0 fully saturated rings. The van der Waals surface area contributed by atoms with E-state index in [2.05, 4.69) is 24.7 Å². The molecule has 0 spiro atoms. The first kappa shape index (κ1) is 9.39. The van der Waals surface area contributed by atoms with Gasteiger partial charge in [-0.05, 0) is 28.4 Å². The SMILES string of the molecule is CCS1(CC)C=CC(C(N)=O)=C1. The van der Waals surface area contributed by atoms with E-state index in [4.69, 9.17) is 5.73 Å². The Morgan fingerprint density at radius 3 is 2.33 bits per heavy atom. The summed E-state index contributed by atoms with van der Waals surface area (Å²) in [4.78, 5) is 10.8. The molecule has 68 valence electrons. The number of hydrogen-bond donors (Lipinski definition) is 1. The van der Waals surface area contributed by atoms with Gasteiger partial charge in [0.2, 0.25) is 5.91 Å². The van der Waals surface area contributed by atoms with Crippen molar-refractivity contribution in [3.63, 3.8) is 0 Å². The molecule has 2 N–H and O–H groups in total. The third kappa shape index (κ3) is 1.55. The fourth-order valence-corrected chi connectivity index (χ4v) is 3.57. The number of carbonyl (C=O) groups excluding carboxylic acids is 1. The van der Waals surface area contributed by atoms with Crippen molar-refractivity contribution in [1.29, 1.82) is 0 Å². The van der Waals surface area contributed by atoms with Gasteiger partial charge in [0, 0.05) is 5.57 Å². The normalized spacial score (nSPS) is 22.0. The van der Waals surface area contributed by atoms with E-state index in [0.29, 0.717) is 5.57 Å². The summed E-state index contributed by atoms with van der Waals surface area (Å²) in [6.07, 6.45) is 1.87. The molecule has 0 aromatic rings. The Morgan fingerprint density at radius 2 is 2.08 bits per heavy atom. The average molecular weight is 185 g/mol. The second-order valence-electron chi connectivity index (χ2n) is 2.82. The fraction of sp³-hybridized carbons (Fsp3) is 0.444. The van der Waals surface area contributed by atoms with Crippen molar-refractivity contribution in [3.8, 4) is 0 Å². The Hall–Kier alpha value is -0.700. The first-order valence-electron chi connectivity index (χ1n) is 4.12. The van der Waals surface area contributed by atoms with Crippen LogP contribution in [0.25, 0.3) is 0 Å². The molecular weight excluding hydrogens is 170 g/mol. The zero-order valence-electron chi connectivity index (χ0n) is 7.54. The quantitative estimate of drug-likeness (QED) is 0.715. The highest BCUT2D eigenvalue weighted by atomic mass is 32.3. The maximum absolute atomic E-state index is 10.8. The smallest absolute Gasteiger partial charge is 0.249 e. The van der Waals surface area contributed by atoms with Crippen LogP contribution in [0, 0.1) is 0 Å². The molecule has 0 atom stereocenters. The summed E-state index contributed by atoms with van der Waals surface area (Å²) < 4.78 is 0. The second-order valence-corrected chi connectivity index (χ2v) is 6.50. The molecule has 1 heterocycles. The van der Waals surface area contributed by atoms with Crippen LogP contribution in [-0.2, 0) is 4.79 Å². The van der Waals surface area contributed by atoms with E-state index in [-0.39, 0.29) is 5.91 Å². The van der Waals surface area contributed by atoms with E-state index >= 15 is 0 Å². The molecule has 2 nitrogen and oxygen atoms in total. The van der Waals surface area contributed by atoms with Gasteiger partial charge in [-0.3, -0.25) is 4.79 Å². The van der Waals surface area contributed by atoms with Crippen molar-refractivity contribution in [2.45, 2.75) is 13.8 Å². The van der Waals surface area contributed by atoms with Crippen molar-refractivity contribution < 1.29 is 4.79 Å². The molecule has 3 heteroatoms. The van der Waals surface area contributed by atoms with Crippen LogP contribution in [-0.4, -0.2) is 17.4 Å². The molecule has 12 heavy (non-hydrogen) atoms. The standard InChI is InChI=1S/C9H15NOS/c1-3-12(4-2)6-5-8(7-12)9(10)11/h5-7H,3-4H2,1-2H3,(H2,10,11). The maximum Gasteiger partial charge on any atom is 0.249 e. The van der Waals surface area contributed by atoms with Crippen LogP contribution in [0.4, 0.5) is 0 Å². The Kier molecular flexibility index (Phi) is 2.62. The first-order chi connectivity index (χ1) is 5.63. The molecule has 1 amide bonds. The largest absolute Gasteiger partial charge is 0.366 e. The molecule has 0 bridgehead atoms. The summed E-state index contributed by atoms with van der Waals surface area (Å²) in [5.74, 6) is 1.91. The van der Waals surface area contributed by atoms with E-state index in [1.807, 2.05) is 6.08 Å². The summed E-state index contributed by atoms with van der Waals surface area (Å²) in [5.41, 5.74) is 5.87. The summed E-state index contributed by atoms with van der Waals surface area (Å²) in [7, 11) is -0.775. The molecule has 0 aromatic heterocycles. The van der Waals surface area contributed by atoms with E-state index in [1.165, 1.54) is 0 Å². The molecule has 0 aromatic carbocycles. The lowest BCUT2D eigenvalue weighted by atomic mass is 10.3. The van der Waals surface area contributed by atoms with Gasteiger partial charge in [0.1, 0.15) is 0 Å². The monoisotopic (exact) mass is 185 g/mol. The molecule has 0 saturated carbocycles. The summed E-state index contributed by atoms with van der Waals surface area (Å²) in [6.45, 7) is 4.31. The van der Waals surface area contributed by atoms with Crippen molar-refractivity contribution in [3.05, 3.63) is 22.5 Å². The molecule has 0 radical (unpaired) electrons. The van der Waals surface area contributed by atoms with E-state index in [0.717, 1.165) is 11.5 Å². The minimum absolute atomic E-state index is 0.303. The summed E-state index contributed by atoms with van der Waals surface area (Å²) >= 11 is 0. The Bertz CT molecular complexity index is 251. The third-order valence-corrected chi connectivity index (χ3v) is 5.79. The van der Waals surface area contributed by atoms with Gasteiger partial charge in [-0.25, -0.2) is 10.0 Å². The van der Waals surface area contributed by atoms with Crippen LogP contribution in [0.5, 0.6) is 0 Å². The molecular formula is C9H15NOS. The summed E-state index contributed by atoms with van der Waals surface area (Å²) in [6, 6.07) is 0. The first-order valence-corrected chi connectivity index (χ1v) is 6.21. The van der Waals surface area contributed by atoms with Crippen LogP contribution >= 0.6 is 10.0 Å². The highest BCUT2D eigenvalue weighted by Gasteiger charge is 2.20. The number of carbonyl (C=O) groups is 1. The van der Waals surface area contributed by atoms with E-state index in [1.54, 1.807) is 0 Å². The van der Waals surface area contributed by atoms with Gasteiger partial charge in [0.15, 0.2) is 0 Å². The maximum atomic E-state index is 10.8. The van der Waals surface area contributed by atoms with Crippen LogP contribution in [0.3, 0.4) is 0 Å². The van der Waals surface area contributed by atoms with Crippen LogP contribution < -0.4 is 5.73 Å². The molecule has 0 saturated heterocycles. The van der Waals surface area contributed by atoms with Crippen LogP contribution in [0.15, 0.2) is 22.5 Å². The number of amides is 1. The molecule has 1 aliphatic heterocycles. The highest BCUT2D eigenvalue weighted by Crippen LogP contribution is 2.54. The number of nitrogens with two attached hydrogens (primary N) is 1. The van der Waals surface area contributed by atoms with Gasteiger partial charge in [-0.15, -0.1) is 0 Å². The van der Waals surface area contributed by atoms with Gasteiger partial charge in [0.05, 0.1) is 0 Å².